The average Bonchev–Trinajstić information content (AvgIpc) is 3.06. The van der Waals surface area contributed by atoms with E-state index in [-0.39, 0.29) is 44.1 Å². The first-order valence-electron chi connectivity index (χ1n) is 10.4. The summed E-state index contributed by atoms with van der Waals surface area (Å²) in [7, 11) is 0. The summed E-state index contributed by atoms with van der Waals surface area (Å²) in [5.41, 5.74) is -0.756. The summed E-state index contributed by atoms with van der Waals surface area (Å²) < 4.78 is 7.07. The summed E-state index contributed by atoms with van der Waals surface area (Å²) in [6.45, 7) is 19.3. The summed E-state index contributed by atoms with van der Waals surface area (Å²) in [5, 5.41) is 0. The van der Waals surface area contributed by atoms with E-state index in [9.17, 15) is 0 Å². The van der Waals surface area contributed by atoms with E-state index in [2.05, 4.69) is 55.4 Å². The molecule has 0 spiro atoms. The van der Waals surface area contributed by atoms with Crippen molar-refractivity contribution in [3.63, 3.8) is 0 Å². The minimum atomic E-state index is -0.321. The van der Waals surface area contributed by atoms with Crippen molar-refractivity contribution in [2.75, 3.05) is 0 Å². The van der Waals surface area contributed by atoms with Crippen molar-refractivity contribution in [1.29, 1.82) is 0 Å². The van der Waals surface area contributed by atoms with Crippen LogP contribution >= 0.6 is 0 Å². The van der Waals surface area contributed by atoms with Crippen molar-refractivity contribution in [2.24, 2.45) is 21.7 Å². The van der Waals surface area contributed by atoms with Gasteiger partial charge in [0.25, 0.3) is 0 Å². The van der Waals surface area contributed by atoms with Crippen LogP contribution in [-0.2, 0) is 14.5 Å². The second kappa shape index (κ2) is 3.86. The maximum absolute atomic E-state index is 7.07. The molecular formula is C22H36O3. The Bertz CT molecular complexity index is 608. The van der Waals surface area contributed by atoms with Crippen LogP contribution in [0.3, 0.4) is 0 Å². The molecule has 0 aromatic rings. The molecule has 4 unspecified atom stereocenters. The lowest BCUT2D eigenvalue weighted by atomic mass is 9.30. The standard InChI is InChI=1S/C22H36O3/c1-15(2)11-9-12-16(3,4)20-19(15,23-20)21-17(5,6)13-10-14-18(7,8)22(20,21)25-24-21/h9-14H2,1-8H3. The van der Waals surface area contributed by atoms with Gasteiger partial charge in [0.15, 0.2) is 11.2 Å². The molecule has 2 saturated heterocycles. The zero-order valence-corrected chi connectivity index (χ0v) is 17.5. The topological polar surface area (TPSA) is 31.0 Å². The van der Waals surface area contributed by atoms with Gasteiger partial charge in [0.1, 0.15) is 11.2 Å². The summed E-state index contributed by atoms with van der Waals surface area (Å²) >= 11 is 0. The number of rotatable bonds is 0. The molecule has 2 aliphatic heterocycles. The van der Waals surface area contributed by atoms with E-state index in [1.165, 1.54) is 38.5 Å². The second-order valence-corrected chi connectivity index (χ2v) is 12.2. The summed E-state index contributed by atoms with van der Waals surface area (Å²) in [6.07, 6.45) is 7.27. The van der Waals surface area contributed by atoms with Gasteiger partial charge in [-0.15, -0.1) is 0 Å². The molecule has 142 valence electrons. The SMILES string of the molecule is CC1(C)CCCC(C)(C)C23OOC12C12OC31C(C)(C)CCCC2(C)C. The molecule has 3 aliphatic carbocycles. The number of ether oxygens (including phenoxy) is 1. The van der Waals surface area contributed by atoms with Gasteiger partial charge < -0.3 is 4.74 Å². The van der Waals surface area contributed by atoms with Crippen LogP contribution in [0.15, 0.2) is 0 Å². The third-order valence-corrected chi connectivity index (χ3v) is 9.56. The van der Waals surface area contributed by atoms with Crippen LogP contribution in [0.5, 0.6) is 0 Å². The van der Waals surface area contributed by atoms with E-state index in [1.54, 1.807) is 0 Å². The maximum Gasteiger partial charge on any atom is 0.176 e. The van der Waals surface area contributed by atoms with Gasteiger partial charge >= 0.3 is 0 Å². The molecule has 5 rings (SSSR count). The number of epoxide rings is 1. The molecule has 2 heterocycles. The third-order valence-electron chi connectivity index (χ3n) is 9.56. The van der Waals surface area contributed by atoms with Gasteiger partial charge in [-0.3, -0.25) is 0 Å². The van der Waals surface area contributed by atoms with Crippen molar-refractivity contribution < 1.29 is 14.5 Å². The fourth-order valence-corrected chi connectivity index (χ4v) is 8.57. The lowest BCUT2D eigenvalue weighted by Crippen LogP contribution is -2.99. The minimum absolute atomic E-state index is 0.0523. The Kier molecular flexibility index (Phi) is 2.63. The van der Waals surface area contributed by atoms with E-state index in [1.807, 2.05) is 0 Å². The lowest BCUT2D eigenvalue weighted by molar-refractivity contribution is -0.640. The predicted octanol–water partition coefficient (Wildman–Crippen LogP) is 5.42. The highest BCUT2D eigenvalue weighted by atomic mass is 17.3. The van der Waals surface area contributed by atoms with Crippen LogP contribution in [0.4, 0.5) is 0 Å². The normalized spacial score (nSPS) is 55.7. The maximum atomic E-state index is 7.07. The molecule has 3 heteroatoms. The first kappa shape index (κ1) is 17.0. The third kappa shape index (κ3) is 1.17. The molecule has 0 radical (unpaired) electrons. The van der Waals surface area contributed by atoms with Gasteiger partial charge in [-0.25, -0.2) is 9.78 Å². The van der Waals surface area contributed by atoms with Crippen LogP contribution in [0.25, 0.3) is 0 Å². The zero-order chi connectivity index (χ0) is 18.4. The van der Waals surface area contributed by atoms with E-state index < -0.39 is 0 Å². The second-order valence-electron chi connectivity index (χ2n) is 12.2. The minimum Gasteiger partial charge on any atom is -0.354 e. The Morgan fingerprint density at radius 1 is 0.440 bits per heavy atom. The van der Waals surface area contributed by atoms with Crippen molar-refractivity contribution in [2.45, 2.75) is 116 Å². The molecule has 5 aliphatic rings. The van der Waals surface area contributed by atoms with Crippen LogP contribution < -0.4 is 0 Å². The van der Waals surface area contributed by atoms with E-state index in [0.29, 0.717) is 0 Å². The van der Waals surface area contributed by atoms with Gasteiger partial charge in [-0.1, -0.05) is 68.2 Å². The summed E-state index contributed by atoms with van der Waals surface area (Å²) in [5.74, 6) is 0. The molecular weight excluding hydrogens is 312 g/mol. The zero-order valence-electron chi connectivity index (χ0n) is 17.5. The Hall–Kier alpha value is -0.120. The molecule has 0 aromatic heterocycles. The summed E-state index contributed by atoms with van der Waals surface area (Å²) in [4.78, 5) is 12.6. The van der Waals surface area contributed by atoms with Crippen LogP contribution in [-0.4, -0.2) is 22.4 Å². The van der Waals surface area contributed by atoms with E-state index in [4.69, 9.17) is 14.5 Å². The first-order valence-corrected chi connectivity index (χ1v) is 10.4. The highest BCUT2D eigenvalue weighted by Gasteiger charge is 3.14. The monoisotopic (exact) mass is 348 g/mol. The Morgan fingerprint density at radius 2 is 0.720 bits per heavy atom. The molecule has 5 fully saturated rings. The molecule has 3 nitrogen and oxygen atoms in total. The Morgan fingerprint density at radius 3 is 1.00 bits per heavy atom. The van der Waals surface area contributed by atoms with Gasteiger partial charge in [0.2, 0.25) is 0 Å². The van der Waals surface area contributed by atoms with Crippen molar-refractivity contribution in [1.82, 2.24) is 0 Å². The highest BCUT2D eigenvalue weighted by Crippen LogP contribution is 2.96. The number of hydrogen-bond acceptors (Lipinski definition) is 3. The van der Waals surface area contributed by atoms with Gasteiger partial charge in [0.05, 0.1) is 0 Å². The van der Waals surface area contributed by atoms with Crippen LogP contribution in [0.2, 0.25) is 0 Å². The molecule has 0 N–H and O–H groups in total. The summed E-state index contributed by atoms with van der Waals surface area (Å²) in [6, 6.07) is 0. The van der Waals surface area contributed by atoms with Crippen LogP contribution in [0, 0.1) is 21.7 Å². The van der Waals surface area contributed by atoms with Gasteiger partial charge in [0, 0.05) is 10.8 Å². The molecule has 4 atom stereocenters. The van der Waals surface area contributed by atoms with Gasteiger partial charge in [-0.05, 0) is 36.5 Å². The molecule has 25 heavy (non-hydrogen) atoms. The fourth-order valence-electron chi connectivity index (χ4n) is 8.57. The molecule has 3 saturated carbocycles. The van der Waals surface area contributed by atoms with Crippen molar-refractivity contribution >= 4 is 0 Å². The largest absolute Gasteiger partial charge is 0.354 e. The van der Waals surface area contributed by atoms with Crippen molar-refractivity contribution in [3.8, 4) is 0 Å². The van der Waals surface area contributed by atoms with E-state index >= 15 is 0 Å². The quantitative estimate of drug-likeness (QED) is 0.432. The van der Waals surface area contributed by atoms with E-state index in [0.717, 1.165) is 0 Å². The average molecular weight is 349 g/mol. The number of hydrogen-bond donors (Lipinski definition) is 0. The fraction of sp³-hybridized carbons (Fsp3) is 1.00. The highest BCUT2D eigenvalue weighted by molar-refractivity contribution is 5.59. The Labute approximate surface area is 153 Å². The first-order chi connectivity index (χ1) is 11.3. The van der Waals surface area contributed by atoms with Crippen LogP contribution in [0.1, 0.15) is 93.9 Å². The lowest BCUT2D eigenvalue weighted by Gasteiger charge is -2.79. The molecule has 0 bridgehead atoms. The molecule has 0 amide bonds. The predicted molar refractivity (Wildman–Crippen MR) is 97.0 cm³/mol. The van der Waals surface area contributed by atoms with Crippen molar-refractivity contribution in [3.05, 3.63) is 0 Å². The smallest absolute Gasteiger partial charge is 0.176 e. The molecule has 0 aromatic carbocycles. The van der Waals surface area contributed by atoms with Gasteiger partial charge in [-0.2, -0.15) is 0 Å². The Balaban J connectivity index is 1.84.